The third kappa shape index (κ3) is 4.43. The van der Waals surface area contributed by atoms with Gasteiger partial charge in [0.1, 0.15) is 0 Å². The highest BCUT2D eigenvalue weighted by Crippen LogP contribution is 2.47. The lowest BCUT2D eigenvalue weighted by molar-refractivity contribution is 1.28. The Labute approximate surface area is 269 Å². The van der Waals surface area contributed by atoms with Gasteiger partial charge in [-0.3, -0.25) is 0 Å². The maximum atomic E-state index is 2.35. The van der Waals surface area contributed by atoms with Crippen LogP contribution in [-0.2, 0) is 0 Å². The molecule has 0 saturated carbocycles. The van der Waals surface area contributed by atoms with Crippen LogP contribution in [0.4, 0.5) is 17.1 Å². The van der Waals surface area contributed by atoms with E-state index in [9.17, 15) is 0 Å². The number of para-hydroxylation sites is 2. The van der Waals surface area contributed by atoms with Crippen LogP contribution in [0.1, 0.15) is 0 Å². The summed E-state index contributed by atoms with van der Waals surface area (Å²) >= 11 is 3.85. The normalized spacial score (nSPS) is 11.6. The van der Waals surface area contributed by atoms with Crippen molar-refractivity contribution < 1.29 is 0 Å². The van der Waals surface area contributed by atoms with Crippen LogP contribution in [0.2, 0.25) is 0 Å². The lowest BCUT2D eigenvalue weighted by Gasteiger charge is -2.26. The fraction of sp³-hybridized carbons (Fsp3) is 0. The van der Waals surface area contributed by atoms with Crippen molar-refractivity contribution in [3.63, 3.8) is 0 Å². The van der Waals surface area contributed by atoms with Crippen molar-refractivity contribution >= 4 is 80.1 Å². The molecule has 212 valence electrons. The quantitative estimate of drug-likeness (QED) is 0.188. The minimum absolute atomic E-state index is 1.13. The van der Waals surface area contributed by atoms with Crippen molar-refractivity contribution in [3.05, 3.63) is 164 Å². The Hall–Kier alpha value is -5.22. The summed E-state index contributed by atoms with van der Waals surface area (Å²) in [6, 6.07) is 59.3. The standard InChI is InChI=1S/C42H27NS2/c1-3-15-31(16-4-1)43(32-17-5-2-6-18-32)33-19-10-13-29(27-33)28-12-9-14-30(26-28)34-21-11-22-36-38-25-24-37-35-20-7-8-23-39(35)44-41(37)42(38)45-40(34)36/h1-27H. The number of hydrogen-bond acceptors (Lipinski definition) is 3. The highest BCUT2D eigenvalue weighted by atomic mass is 32.1. The minimum Gasteiger partial charge on any atom is -0.310 e. The van der Waals surface area contributed by atoms with Gasteiger partial charge >= 0.3 is 0 Å². The van der Waals surface area contributed by atoms with E-state index in [1.54, 1.807) is 0 Å². The van der Waals surface area contributed by atoms with E-state index in [1.165, 1.54) is 62.6 Å². The number of hydrogen-bond donors (Lipinski definition) is 0. The second kappa shape index (κ2) is 10.7. The summed E-state index contributed by atoms with van der Waals surface area (Å²) in [6.07, 6.45) is 0. The molecule has 0 bridgehead atoms. The first kappa shape index (κ1) is 26.2. The van der Waals surface area contributed by atoms with Crippen LogP contribution in [0.5, 0.6) is 0 Å². The van der Waals surface area contributed by atoms with E-state index in [1.807, 2.05) is 22.7 Å². The Bertz CT molecular complexity index is 2450. The molecule has 0 aliphatic carbocycles. The summed E-state index contributed by atoms with van der Waals surface area (Å²) in [5, 5.41) is 5.39. The van der Waals surface area contributed by atoms with Gasteiger partial charge in [0, 0.05) is 48.0 Å². The van der Waals surface area contributed by atoms with Crippen LogP contribution in [-0.4, -0.2) is 0 Å². The van der Waals surface area contributed by atoms with E-state index >= 15 is 0 Å². The molecule has 0 spiro atoms. The fourth-order valence-electron chi connectivity index (χ4n) is 6.56. The van der Waals surface area contributed by atoms with Crippen molar-refractivity contribution in [1.29, 1.82) is 0 Å². The van der Waals surface area contributed by atoms with E-state index in [4.69, 9.17) is 0 Å². The number of anilines is 3. The summed E-state index contributed by atoms with van der Waals surface area (Å²) in [5.74, 6) is 0. The summed E-state index contributed by atoms with van der Waals surface area (Å²) in [4.78, 5) is 2.32. The van der Waals surface area contributed by atoms with Crippen molar-refractivity contribution in [1.82, 2.24) is 0 Å². The predicted octanol–water partition coefficient (Wildman–Crippen LogP) is 13.2. The smallest absolute Gasteiger partial charge is 0.0534 e. The minimum atomic E-state index is 1.13. The van der Waals surface area contributed by atoms with Crippen LogP contribution in [0, 0.1) is 0 Å². The number of fused-ring (bicyclic) bond motifs is 7. The van der Waals surface area contributed by atoms with E-state index in [2.05, 4.69) is 169 Å². The first-order valence-corrected chi connectivity index (χ1v) is 16.8. The van der Waals surface area contributed by atoms with Gasteiger partial charge in [-0.05, 0) is 70.8 Å². The number of thiophene rings is 2. The highest BCUT2D eigenvalue weighted by molar-refractivity contribution is 7.33. The van der Waals surface area contributed by atoms with E-state index in [0.29, 0.717) is 0 Å². The van der Waals surface area contributed by atoms with Gasteiger partial charge in [-0.15, -0.1) is 22.7 Å². The van der Waals surface area contributed by atoms with Gasteiger partial charge in [-0.1, -0.05) is 115 Å². The first-order chi connectivity index (χ1) is 22.3. The molecule has 45 heavy (non-hydrogen) atoms. The molecule has 2 heterocycles. The summed E-state index contributed by atoms with van der Waals surface area (Å²) in [6.45, 7) is 0. The van der Waals surface area contributed by atoms with Crippen LogP contribution in [0.15, 0.2) is 164 Å². The molecule has 0 unspecified atom stereocenters. The van der Waals surface area contributed by atoms with Gasteiger partial charge in [0.05, 0.1) is 9.40 Å². The fourth-order valence-corrected chi connectivity index (χ4v) is 9.23. The van der Waals surface area contributed by atoms with E-state index in [0.717, 1.165) is 17.1 Å². The molecule has 7 aromatic carbocycles. The van der Waals surface area contributed by atoms with Crippen LogP contribution in [0.3, 0.4) is 0 Å². The summed E-state index contributed by atoms with van der Waals surface area (Å²) in [7, 11) is 0. The zero-order valence-corrected chi connectivity index (χ0v) is 26.0. The highest BCUT2D eigenvalue weighted by Gasteiger charge is 2.16. The van der Waals surface area contributed by atoms with Gasteiger partial charge in [0.2, 0.25) is 0 Å². The van der Waals surface area contributed by atoms with Gasteiger partial charge in [-0.2, -0.15) is 0 Å². The lowest BCUT2D eigenvalue weighted by atomic mass is 9.97. The van der Waals surface area contributed by atoms with Gasteiger partial charge in [0.15, 0.2) is 0 Å². The van der Waals surface area contributed by atoms with E-state index < -0.39 is 0 Å². The molecule has 3 heteroatoms. The molecule has 0 atom stereocenters. The largest absolute Gasteiger partial charge is 0.310 e. The average molecular weight is 610 g/mol. The maximum Gasteiger partial charge on any atom is 0.0534 e. The molecule has 9 aromatic rings. The van der Waals surface area contributed by atoms with E-state index in [-0.39, 0.29) is 0 Å². The Morgan fingerprint density at radius 1 is 0.333 bits per heavy atom. The zero-order valence-electron chi connectivity index (χ0n) is 24.4. The lowest BCUT2D eigenvalue weighted by Crippen LogP contribution is -2.09. The van der Waals surface area contributed by atoms with Crippen LogP contribution in [0.25, 0.3) is 62.6 Å². The topological polar surface area (TPSA) is 3.24 Å². The number of benzene rings is 7. The number of rotatable bonds is 5. The molecule has 0 amide bonds. The van der Waals surface area contributed by atoms with Crippen molar-refractivity contribution in [2.24, 2.45) is 0 Å². The van der Waals surface area contributed by atoms with Gasteiger partial charge in [-0.25, -0.2) is 0 Å². The molecular formula is C42H27NS2. The van der Waals surface area contributed by atoms with Crippen molar-refractivity contribution in [3.8, 4) is 22.3 Å². The third-order valence-electron chi connectivity index (χ3n) is 8.65. The van der Waals surface area contributed by atoms with Crippen LogP contribution < -0.4 is 4.90 Å². The monoisotopic (exact) mass is 609 g/mol. The second-order valence-corrected chi connectivity index (χ2v) is 13.4. The van der Waals surface area contributed by atoms with Crippen LogP contribution >= 0.6 is 22.7 Å². The number of nitrogens with zero attached hydrogens (tertiary/aromatic N) is 1. The molecule has 2 aromatic heterocycles. The Morgan fingerprint density at radius 2 is 0.867 bits per heavy atom. The predicted molar refractivity (Wildman–Crippen MR) is 198 cm³/mol. The Kier molecular flexibility index (Phi) is 6.26. The molecule has 1 nitrogen and oxygen atoms in total. The molecule has 0 aliphatic rings. The molecule has 0 radical (unpaired) electrons. The summed E-state index contributed by atoms with van der Waals surface area (Å²) < 4.78 is 5.49. The van der Waals surface area contributed by atoms with Gasteiger partial charge in [0.25, 0.3) is 0 Å². The van der Waals surface area contributed by atoms with Gasteiger partial charge < -0.3 is 4.90 Å². The Morgan fingerprint density at radius 3 is 1.64 bits per heavy atom. The Balaban J connectivity index is 1.16. The second-order valence-electron chi connectivity index (χ2n) is 11.3. The van der Waals surface area contributed by atoms with Crippen molar-refractivity contribution in [2.45, 2.75) is 0 Å². The van der Waals surface area contributed by atoms with Crippen molar-refractivity contribution in [2.75, 3.05) is 4.90 Å². The molecule has 0 aliphatic heterocycles. The molecular weight excluding hydrogens is 583 g/mol. The molecule has 0 saturated heterocycles. The molecule has 0 N–H and O–H groups in total. The molecule has 9 rings (SSSR count). The zero-order chi connectivity index (χ0) is 29.7. The first-order valence-electron chi connectivity index (χ1n) is 15.2. The SMILES string of the molecule is c1ccc(N(c2ccccc2)c2cccc(-c3cccc(-c4cccc5c4sc4c5ccc5c6ccccc6sc54)c3)c2)cc1. The average Bonchev–Trinajstić information content (AvgIpc) is 3.68. The molecule has 0 fully saturated rings. The summed E-state index contributed by atoms with van der Waals surface area (Å²) in [5.41, 5.74) is 8.34. The maximum absolute atomic E-state index is 2.35. The third-order valence-corrected chi connectivity index (χ3v) is 11.3.